The van der Waals surface area contributed by atoms with E-state index in [9.17, 15) is 19.5 Å². The minimum Gasteiger partial charge on any atom is -0.396 e. The second-order valence-electron chi connectivity index (χ2n) is 10.9. The van der Waals surface area contributed by atoms with Crippen LogP contribution in [0.4, 0.5) is 9.18 Å². The number of rotatable bonds is 3. The van der Waals surface area contributed by atoms with Gasteiger partial charge in [0.15, 0.2) is 11.6 Å². The molecule has 3 aliphatic rings. The number of aliphatic hydroxyl groups excluding tert-OH is 1. The van der Waals surface area contributed by atoms with Crippen molar-refractivity contribution >= 4 is 45.3 Å². The van der Waals surface area contributed by atoms with E-state index < -0.39 is 5.82 Å². The number of fused-ring (bicyclic) bond motifs is 1. The lowest BCUT2D eigenvalue weighted by Gasteiger charge is -2.35. The summed E-state index contributed by atoms with van der Waals surface area (Å²) in [5, 5.41) is 9.99. The molecule has 1 N–H and O–H groups in total. The van der Waals surface area contributed by atoms with Crippen LogP contribution in [0.5, 0.6) is 0 Å². The van der Waals surface area contributed by atoms with Crippen LogP contribution < -0.4 is 0 Å². The Morgan fingerprint density at radius 2 is 1.82 bits per heavy atom. The van der Waals surface area contributed by atoms with E-state index in [1.807, 2.05) is 33.9 Å². The van der Waals surface area contributed by atoms with Crippen LogP contribution in [0.2, 0.25) is 0 Å². The number of benzene rings is 1. The molecule has 7 rings (SSSR count). The van der Waals surface area contributed by atoms with Gasteiger partial charge < -0.3 is 19.5 Å². The molecule has 2 aliphatic heterocycles. The molecular formula is C30H28FN5O4. The molecule has 9 nitrogen and oxygen atoms in total. The van der Waals surface area contributed by atoms with Gasteiger partial charge in [-0.25, -0.2) is 14.2 Å². The van der Waals surface area contributed by atoms with Crippen LogP contribution in [-0.2, 0) is 22.7 Å². The van der Waals surface area contributed by atoms with Crippen molar-refractivity contribution in [1.29, 1.82) is 0 Å². The summed E-state index contributed by atoms with van der Waals surface area (Å²) in [5.41, 5.74) is 3.73. The molecule has 0 atom stereocenters. The van der Waals surface area contributed by atoms with E-state index in [0.29, 0.717) is 59.6 Å². The summed E-state index contributed by atoms with van der Waals surface area (Å²) in [6.45, 7) is 2.44. The first-order valence-corrected chi connectivity index (χ1v) is 13.6. The maximum Gasteiger partial charge on any atom is 0.320 e. The minimum atomic E-state index is -0.465. The Balaban J connectivity index is 1.31. The molecule has 1 aromatic carbocycles. The van der Waals surface area contributed by atoms with Crippen LogP contribution in [0.3, 0.4) is 0 Å². The van der Waals surface area contributed by atoms with Crippen LogP contribution in [0.1, 0.15) is 36.1 Å². The number of aliphatic hydroxyl groups is 1. The standard InChI is InChI=1S/C30H28FN5O4/c31-20-11-19-15-35(30(40)33-7-4-18(17-37)5-8-33)10-9-34-16-22(21(12-20)29(19)34)27-24(38)13-25(39)28(27)23-14-32-26-3-1-2-6-36(23)26/h1-3,6,11-12,14,16,18,37H,4-5,7-10,13,15,17H2. The molecule has 0 saturated carbocycles. The zero-order valence-electron chi connectivity index (χ0n) is 21.8. The molecule has 4 aromatic rings. The van der Waals surface area contributed by atoms with Gasteiger partial charge in [-0.3, -0.25) is 14.0 Å². The molecule has 1 aliphatic carbocycles. The monoisotopic (exact) mass is 541 g/mol. The van der Waals surface area contributed by atoms with Gasteiger partial charge in [-0.05, 0) is 48.6 Å². The summed E-state index contributed by atoms with van der Waals surface area (Å²) in [6.07, 6.45) is 6.51. The highest BCUT2D eigenvalue weighted by Gasteiger charge is 2.36. The van der Waals surface area contributed by atoms with E-state index in [4.69, 9.17) is 0 Å². The molecule has 0 bridgehead atoms. The Bertz CT molecular complexity index is 1740. The second-order valence-corrected chi connectivity index (χ2v) is 10.9. The Labute approximate surface area is 229 Å². The second kappa shape index (κ2) is 9.41. The van der Waals surface area contributed by atoms with E-state index in [1.165, 1.54) is 12.1 Å². The third-order valence-electron chi connectivity index (χ3n) is 8.47. The summed E-state index contributed by atoms with van der Waals surface area (Å²) < 4.78 is 18.9. The van der Waals surface area contributed by atoms with Crippen LogP contribution in [0.15, 0.2) is 48.9 Å². The van der Waals surface area contributed by atoms with Gasteiger partial charge in [0.05, 0.1) is 29.4 Å². The first kappa shape index (κ1) is 24.7. The van der Waals surface area contributed by atoms with E-state index in [-0.39, 0.29) is 48.7 Å². The van der Waals surface area contributed by atoms with Crippen molar-refractivity contribution in [1.82, 2.24) is 23.8 Å². The number of halogens is 1. The van der Waals surface area contributed by atoms with Crippen molar-refractivity contribution in [2.45, 2.75) is 32.4 Å². The fourth-order valence-electron chi connectivity index (χ4n) is 6.44. The van der Waals surface area contributed by atoms with E-state index in [0.717, 1.165) is 18.4 Å². The molecule has 0 radical (unpaired) electrons. The number of imidazole rings is 1. The number of likely N-dealkylation sites (tertiary alicyclic amines) is 1. The van der Waals surface area contributed by atoms with Crippen molar-refractivity contribution in [3.63, 3.8) is 0 Å². The summed E-state index contributed by atoms with van der Waals surface area (Å²) >= 11 is 0. The highest BCUT2D eigenvalue weighted by Crippen LogP contribution is 2.41. The Morgan fingerprint density at radius 1 is 1.02 bits per heavy atom. The van der Waals surface area contributed by atoms with Gasteiger partial charge in [0, 0.05) is 68.2 Å². The number of hydrogen-bond acceptors (Lipinski definition) is 5. The Hall–Kier alpha value is -4.31. The number of carbonyl (C=O) groups is 3. The van der Waals surface area contributed by atoms with E-state index in [2.05, 4.69) is 4.98 Å². The minimum absolute atomic E-state index is 0.0889. The number of pyridine rings is 1. The lowest BCUT2D eigenvalue weighted by atomic mass is 9.97. The molecule has 0 spiro atoms. The average Bonchev–Trinajstić information content (AvgIpc) is 3.58. The van der Waals surface area contributed by atoms with Gasteiger partial charge in [-0.15, -0.1) is 0 Å². The van der Waals surface area contributed by atoms with Crippen LogP contribution in [0.25, 0.3) is 27.7 Å². The molecule has 1 saturated heterocycles. The van der Waals surface area contributed by atoms with Crippen molar-refractivity contribution in [3.8, 4) is 0 Å². The predicted molar refractivity (Wildman–Crippen MR) is 146 cm³/mol. The SMILES string of the molecule is O=C1CC(=O)C(c2cnc3ccccn23)=C1c1cn2c3c(cc(F)cc13)CN(C(=O)N1CCC(CO)CC1)CC2. The molecule has 1 fully saturated rings. The molecule has 5 heterocycles. The van der Waals surface area contributed by atoms with Crippen molar-refractivity contribution < 1.29 is 23.9 Å². The van der Waals surface area contributed by atoms with Gasteiger partial charge in [-0.1, -0.05) is 6.07 Å². The smallest absolute Gasteiger partial charge is 0.320 e. The number of ketones is 2. The van der Waals surface area contributed by atoms with Gasteiger partial charge in [0.1, 0.15) is 11.5 Å². The number of piperidine rings is 1. The largest absolute Gasteiger partial charge is 0.396 e. The van der Waals surface area contributed by atoms with E-state index in [1.54, 1.807) is 21.7 Å². The molecule has 40 heavy (non-hydrogen) atoms. The zero-order chi connectivity index (χ0) is 27.5. The number of aromatic nitrogens is 3. The molecule has 3 aromatic heterocycles. The number of allylic oxidation sites excluding steroid dienone is 2. The van der Waals surface area contributed by atoms with Crippen molar-refractivity contribution in [2.24, 2.45) is 5.92 Å². The van der Waals surface area contributed by atoms with Crippen LogP contribution >= 0.6 is 0 Å². The maximum absolute atomic E-state index is 15.1. The van der Waals surface area contributed by atoms with Crippen molar-refractivity contribution in [3.05, 3.63) is 71.6 Å². The topological polar surface area (TPSA) is 100 Å². The fraction of sp³-hybridized carbons (Fsp3) is 0.333. The van der Waals surface area contributed by atoms with Gasteiger partial charge in [-0.2, -0.15) is 0 Å². The number of nitrogens with zero attached hydrogens (tertiary/aromatic N) is 5. The van der Waals surface area contributed by atoms with Crippen molar-refractivity contribution in [2.75, 3.05) is 26.2 Å². The van der Waals surface area contributed by atoms with Crippen LogP contribution in [-0.4, -0.2) is 72.7 Å². The third-order valence-corrected chi connectivity index (χ3v) is 8.47. The zero-order valence-corrected chi connectivity index (χ0v) is 21.8. The Kier molecular flexibility index (Phi) is 5.81. The molecular weight excluding hydrogens is 513 g/mol. The molecule has 204 valence electrons. The highest BCUT2D eigenvalue weighted by molar-refractivity contribution is 6.51. The maximum atomic E-state index is 15.1. The first-order chi connectivity index (χ1) is 19.4. The molecule has 10 heteroatoms. The Morgan fingerprint density at radius 3 is 2.62 bits per heavy atom. The average molecular weight is 542 g/mol. The number of amides is 2. The predicted octanol–water partition coefficient (Wildman–Crippen LogP) is 3.52. The summed E-state index contributed by atoms with van der Waals surface area (Å²) in [5.74, 6) is -0.818. The normalized spacial score (nSPS) is 18.4. The lowest BCUT2D eigenvalue weighted by molar-refractivity contribution is -0.119. The van der Waals surface area contributed by atoms with Crippen LogP contribution in [0, 0.1) is 11.7 Å². The first-order valence-electron chi connectivity index (χ1n) is 13.6. The van der Waals surface area contributed by atoms with E-state index >= 15 is 4.39 Å². The van der Waals surface area contributed by atoms with Gasteiger partial charge >= 0.3 is 6.03 Å². The summed E-state index contributed by atoms with van der Waals surface area (Å²) in [4.78, 5) is 47.8. The van der Waals surface area contributed by atoms with Gasteiger partial charge in [0.25, 0.3) is 0 Å². The number of Topliss-reactive ketones (excluding diaryl/α,β-unsaturated/α-hetero) is 2. The highest BCUT2D eigenvalue weighted by atomic mass is 19.1. The molecule has 0 unspecified atom stereocenters. The number of urea groups is 1. The number of carbonyl (C=O) groups excluding carboxylic acids is 3. The third kappa shape index (κ3) is 3.85. The fourth-order valence-corrected chi connectivity index (χ4v) is 6.44. The lowest BCUT2D eigenvalue weighted by Crippen LogP contribution is -2.47. The quantitative estimate of drug-likeness (QED) is 0.400. The molecule has 2 amide bonds. The summed E-state index contributed by atoms with van der Waals surface area (Å²) in [7, 11) is 0. The number of hydrogen-bond donors (Lipinski definition) is 1. The van der Waals surface area contributed by atoms with Gasteiger partial charge in [0.2, 0.25) is 0 Å². The summed E-state index contributed by atoms with van der Waals surface area (Å²) in [6, 6.07) is 8.29.